The van der Waals surface area contributed by atoms with Crippen LogP contribution in [-0.2, 0) is 13.0 Å². The van der Waals surface area contributed by atoms with Gasteiger partial charge in [0.2, 0.25) is 0 Å². The van der Waals surface area contributed by atoms with Crippen LogP contribution >= 0.6 is 0 Å². The van der Waals surface area contributed by atoms with Gasteiger partial charge < -0.3 is 10.5 Å². The van der Waals surface area contributed by atoms with E-state index in [1.54, 1.807) is 6.33 Å². The fourth-order valence-corrected chi connectivity index (χ4v) is 2.13. The normalized spacial score (nSPS) is 12.7. The largest absolute Gasteiger partial charge is 0.484 e. The van der Waals surface area contributed by atoms with Crippen LogP contribution < -0.4 is 10.5 Å². The van der Waals surface area contributed by atoms with Crippen LogP contribution in [0.15, 0.2) is 18.5 Å². The molecule has 0 spiro atoms. The smallest absolute Gasteiger partial charge is 0.165 e. The molecule has 114 valence electrons. The second kappa shape index (κ2) is 6.67. The summed E-state index contributed by atoms with van der Waals surface area (Å²) in [6.45, 7) is 8.42. The summed E-state index contributed by atoms with van der Waals surface area (Å²) in [4.78, 5) is 8.77. The molecule has 0 saturated heterocycles. The van der Waals surface area contributed by atoms with Gasteiger partial charge in [0.05, 0.1) is 5.69 Å². The third-order valence-electron chi connectivity index (χ3n) is 3.08. The number of ether oxygens (including phenoxy) is 1. The average molecular weight is 289 g/mol. The van der Waals surface area contributed by atoms with Gasteiger partial charge in [-0.3, -0.25) is 4.98 Å². The van der Waals surface area contributed by atoms with Crippen LogP contribution in [0.25, 0.3) is 0 Å². The Morgan fingerprint density at radius 3 is 2.71 bits per heavy atom. The Kier molecular flexibility index (Phi) is 4.90. The van der Waals surface area contributed by atoms with Crippen LogP contribution in [-0.4, -0.2) is 25.8 Å². The topological polar surface area (TPSA) is 78.9 Å². The Morgan fingerprint density at radius 2 is 2.05 bits per heavy atom. The zero-order chi connectivity index (χ0) is 15.4. The zero-order valence-corrected chi connectivity index (χ0v) is 13.1. The lowest BCUT2D eigenvalue weighted by atomic mass is 10.1. The van der Waals surface area contributed by atoms with Crippen LogP contribution in [0.5, 0.6) is 5.75 Å². The summed E-state index contributed by atoms with van der Waals surface area (Å²) in [6, 6.07) is 4.18. The lowest BCUT2D eigenvalue weighted by molar-refractivity contribution is 0.277. The first-order chi connectivity index (χ1) is 9.97. The Morgan fingerprint density at radius 1 is 1.29 bits per heavy atom. The Hall–Kier alpha value is -1.95. The van der Waals surface area contributed by atoms with Crippen LogP contribution in [0.4, 0.5) is 0 Å². The van der Waals surface area contributed by atoms with Gasteiger partial charge >= 0.3 is 0 Å². The molecule has 0 aliphatic rings. The number of aryl methyl sites for hydroxylation is 1. The van der Waals surface area contributed by atoms with E-state index in [2.05, 4.69) is 28.9 Å². The summed E-state index contributed by atoms with van der Waals surface area (Å²) >= 11 is 0. The highest BCUT2D eigenvalue weighted by atomic mass is 16.5. The van der Waals surface area contributed by atoms with Gasteiger partial charge in [0.15, 0.2) is 5.82 Å². The van der Waals surface area contributed by atoms with Crippen molar-refractivity contribution in [2.75, 3.05) is 0 Å². The number of nitrogens with two attached hydrogens (primary N) is 1. The van der Waals surface area contributed by atoms with Crippen molar-refractivity contribution < 1.29 is 4.74 Å². The maximum absolute atomic E-state index is 5.89. The predicted octanol–water partition coefficient (Wildman–Crippen LogP) is 2.03. The summed E-state index contributed by atoms with van der Waals surface area (Å²) in [5, 5.41) is 4.20. The SMILES string of the molecule is Cc1ccc(OCc2ncnn2C(C)C)c(CC(C)N)n1. The lowest BCUT2D eigenvalue weighted by Gasteiger charge is -2.14. The van der Waals surface area contributed by atoms with Gasteiger partial charge in [0, 0.05) is 24.2 Å². The molecule has 6 heteroatoms. The molecule has 2 N–H and O–H groups in total. The molecule has 1 unspecified atom stereocenters. The number of hydrogen-bond donors (Lipinski definition) is 1. The van der Waals surface area contributed by atoms with Crippen molar-refractivity contribution in [3.8, 4) is 5.75 Å². The van der Waals surface area contributed by atoms with Crippen molar-refractivity contribution in [2.24, 2.45) is 5.73 Å². The molecule has 6 nitrogen and oxygen atoms in total. The van der Waals surface area contributed by atoms with Crippen LogP contribution in [0.2, 0.25) is 0 Å². The van der Waals surface area contributed by atoms with E-state index in [9.17, 15) is 0 Å². The number of pyridine rings is 1. The summed E-state index contributed by atoms with van der Waals surface area (Å²) in [7, 11) is 0. The summed E-state index contributed by atoms with van der Waals surface area (Å²) in [5.41, 5.74) is 7.73. The molecule has 2 rings (SSSR count). The minimum Gasteiger partial charge on any atom is -0.484 e. The number of hydrogen-bond acceptors (Lipinski definition) is 5. The molecule has 2 aromatic heterocycles. The molecule has 0 fully saturated rings. The fourth-order valence-electron chi connectivity index (χ4n) is 2.13. The molecule has 2 heterocycles. The van der Waals surface area contributed by atoms with Crippen molar-refractivity contribution in [3.63, 3.8) is 0 Å². The standard InChI is InChI=1S/C15H23N5O/c1-10(2)20-15(17-9-18-20)8-21-14-6-5-12(4)19-13(14)7-11(3)16/h5-6,9-11H,7-8,16H2,1-4H3. The van der Waals surface area contributed by atoms with Gasteiger partial charge in [-0.2, -0.15) is 5.10 Å². The van der Waals surface area contributed by atoms with Gasteiger partial charge in [-0.25, -0.2) is 9.67 Å². The predicted molar refractivity (Wildman–Crippen MR) is 81.1 cm³/mol. The van der Waals surface area contributed by atoms with E-state index in [-0.39, 0.29) is 12.1 Å². The van der Waals surface area contributed by atoms with E-state index < -0.39 is 0 Å². The van der Waals surface area contributed by atoms with E-state index in [1.165, 1.54) is 0 Å². The quantitative estimate of drug-likeness (QED) is 0.880. The van der Waals surface area contributed by atoms with Crippen LogP contribution in [0, 0.1) is 6.92 Å². The minimum absolute atomic E-state index is 0.0426. The van der Waals surface area contributed by atoms with Gasteiger partial charge in [-0.05, 0) is 39.8 Å². The molecular weight excluding hydrogens is 266 g/mol. The highest BCUT2D eigenvalue weighted by Gasteiger charge is 2.12. The van der Waals surface area contributed by atoms with Crippen molar-refractivity contribution in [2.45, 2.75) is 52.8 Å². The minimum atomic E-state index is 0.0426. The first-order valence-electron chi connectivity index (χ1n) is 7.20. The lowest BCUT2D eigenvalue weighted by Crippen LogP contribution is -2.19. The first kappa shape index (κ1) is 15.4. The summed E-state index contributed by atoms with van der Waals surface area (Å²) < 4.78 is 7.74. The average Bonchev–Trinajstić information content (AvgIpc) is 2.85. The highest BCUT2D eigenvalue weighted by Crippen LogP contribution is 2.20. The highest BCUT2D eigenvalue weighted by molar-refractivity contribution is 5.30. The van der Waals surface area contributed by atoms with Crippen LogP contribution in [0.1, 0.15) is 44.0 Å². The number of rotatable bonds is 6. The molecule has 0 saturated carbocycles. The van der Waals surface area contributed by atoms with E-state index >= 15 is 0 Å². The van der Waals surface area contributed by atoms with E-state index in [0.717, 1.165) is 23.0 Å². The van der Waals surface area contributed by atoms with E-state index in [1.807, 2.05) is 30.7 Å². The third kappa shape index (κ3) is 4.01. The molecule has 0 amide bonds. The number of nitrogens with zero attached hydrogens (tertiary/aromatic N) is 4. The van der Waals surface area contributed by atoms with Gasteiger partial charge in [0.25, 0.3) is 0 Å². The molecule has 1 atom stereocenters. The van der Waals surface area contributed by atoms with Gasteiger partial charge in [-0.1, -0.05) is 0 Å². The summed E-state index contributed by atoms with van der Waals surface area (Å²) in [5.74, 6) is 1.56. The molecule has 2 aromatic rings. The molecule has 0 aromatic carbocycles. The molecule has 21 heavy (non-hydrogen) atoms. The van der Waals surface area contributed by atoms with Crippen molar-refractivity contribution in [3.05, 3.63) is 35.7 Å². The second-order valence-corrected chi connectivity index (χ2v) is 5.58. The summed E-state index contributed by atoms with van der Waals surface area (Å²) in [6.07, 6.45) is 2.24. The van der Waals surface area contributed by atoms with Crippen molar-refractivity contribution in [1.29, 1.82) is 0 Å². The molecular formula is C15H23N5O. The Labute approximate surface area is 125 Å². The maximum Gasteiger partial charge on any atom is 0.165 e. The molecule has 0 bridgehead atoms. The monoisotopic (exact) mass is 289 g/mol. The maximum atomic E-state index is 5.89. The third-order valence-corrected chi connectivity index (χ3v) is 3.08. The second-order valence-electron chi connectivity index (χ2n) is 5.58. The zero-order valence-electron chi connectivity index (χ0n) is 13.1. The number of aromatic nitrogens is 4. The van der Waals surface area contributed by atoms with E-state index in [0.29, 0.717) is 13.0 Å². The Bertz CT molecular complexity index is 591. The molecule has 0 aliphatic carbocycles. The Balaban J connectivity index is 2.14. The fraction of sp³-hybridized carbons (Fsp3) is 0.533. The van der Waals surface area contributed by atoms with Crippen molar-refractivity contribution in [1.82, 2.24) is 19.7 Å². The van der Waals surface area contributed by atoms with E-state index in [4.69, 9.17) is 10.5 Å². The molecule has 0 radical (unpaired) electrons. The first-order valence-corrected chi connectivity index (χ1v) is 7.20. The van der Waals surface area contributed by atoms with Gasteiger partial charge in [-0.15, -0.1) is 0 Å². The van der Waals surface area contributed by atoms with Crippen molar-refractivity contribution >= 4 is 0 Å². The van der Waals surface area contributed by atoms with Crippen LogP contribution in [0.3, 0.4) is 0 Å². The van der Waals surface area contributed by atoms with Gasteiger partial charge in [0.1, 0.15) is 18.7 Å². The molecule has 0 aliphatic heterocycles.